The second-order valence-corrected chi connectivity index (χ2v) is 13.7. The van der Waals surface area contributed by atoms with Crippen molar-refractivity contribution in [1.82, 2.24) is 15.1 Å². The molecule has 45 heavy (non-hydrogen) atoms. The molecule has 0 aliphatic rings. The normalized spacial score (nSPS) is 11.1. The first-order valence-electron chi connectivity index (χ1n) is 19.7. The zero-order valence-electron chi connectivity index (χ0n) is 30.7. The summed E-state index contributed by atoms with van der Waals surface area (Å²) in [4.78, 5) is 40.3. The van der Waals surface area contributed by atoms with Crippen molar-refractivity contribution in [3.8, 4) is 0 Å². The van der Waals surface area contributed by atoms with Gasteiger partial charge < -0.3 is 15.1 Å². The van der Waals surface area contributed by atoms with Crippen molar-refractivity contribution in [1.29, 1.82) is 0 Å². The Balaban J connectivity index is 4.23. The van der Waals surface area contributed by atoms with Gasteiger partial charge in [0.15, 0.2) is 0 Å². The molecule has 266 valence electrons. The fraction of sp³-hybridized carbons (Fsp3) is 0.923. The average Bonchev–Trinajstić information content (AvgIpc) is 3.02. The van der Waals surface area contributed by atoms with Gasteiger partial charge in [0.25, 0.3) is 0 Å². The molecule has 0 aromatic rings. The van der Waals surface area contributed by atoms with Crippen LogP contribution in [0.3, 0.4) is 0 Å². The SMILES string of the molecule is CCCCCCCCCCCCCCN(CCCCCCCCCCCCCC)C(=O)CCCCC(=O)NCCN(C)C(C)=O. The Kier molecular flexibility index (Phi) is 32.6. The van der Waals surface area contributed by atoms with Crippen LogP contribution in [0.5, 0.6) is 0 Å². The lowest BCUT2D eigenvalue weighted by Gasteiger charge is -2.23. The summed E-state index contributed by atoms with van der Waals surface area (Å²) < 4.78 is 0. The Hall–Kier alpha value is -1.59. The van der Waals surface area contributed by atoms with Crippen LogP contribution in [0.1, 0.15) is 201 Å². The highest BCUT2D eigenvalue weighted by Crippen LogP contribution is 2.15. The minimum absolute atomic E-state index is 0.000638. The lowest BCUT2D eigenvalue weighted by molar-refractivity contribution is -0.131. The van der Waals surface area contributed by atoms with E-state index in [1.165, 1.54) is 148 Å². The fourth-order valence-corrected chi connectivity index (χ4v) is 5.98. The molecule has 1 N–H and O–H groups in total. The van der Waals surface area contributed by atoms with Crippen molar-refractivity contribution in [3.63, 3.8) is 0 Å². The van der Waals surface area contributed by atoms with Crippen molar-refractivity contribution >= 4 is 17.7 Å². The lowest BCUT2D eigenvalue weighted by Crippen LogP contribution is -2.35. The zero-order valence-corrected chi connectivity index (χ0v) is 30.7. The van der Waals surface area contributed by atoms with E-state index in [9.17, 15) is 14.4 Å². The van der Waals surface area contributed by atoms with Gasteiger partial charge in [-0.05, 0) is 25.7 Å². The number of rotatable bonds is 34. The average molecular weight is 636 g/mol. The van der Waals surface area contributed by atoms with E-state index in [0.717, 1.165) is 38.8 Å². The molecule has 0 rings (SSSR count). The number of hydrogen-bond acceptors (Lipinski definition) is 3. The van der Waals surface area contributed by atoms with Gasteiger partial charge >= 0.3 is 0 Å². The summed E-state index contributed by atoms with van der Waals surface area (Å²) >= 11 is 0. The van der Waals surface area contributed by atoms with Gasteiger partial charge in [-0.2, -0.15) is 0 Å². The van der Waals surface area contributed by atoms with Crippen LogP contribution in [-0.2, 0) is 14.4 Å². The monoisotopic (exact) mass is 636 g/mol. The first-order chi connectivity index (χ1) is 21.9. The molecule has 0 saturated carbocycles. The molecule has 0 spiro atoms. The van der Waals surface area contributed by atoms with Crippen LogP contribution in [0.2, 0.25) is 0 Å². The van der Waals surface area contributed by atoms with Crippen molar-refractivity contribution in [2.45, 2.75) is 201 Å². The fourth-order valence-electron chi connectivity index (χ4n) is 5.98. The van der Waals surface area contributed by atoms with Gasteiger partial charge in [0.2, 0.25) is 17.7 Å². The molecule has 0 aliphatic carbocycles. The number of nitrogens with one attached hydrogen (secondary N) is 1. The number of carbonyl (C=O) groups is 3. The molecule has 0 atom stereocenters. The van der Waals surface area contributed by atoms with Gasteiger partial charge in [-0.25, -0.2) is 0 Å². The highest BCUT2D eigenvalue weighted by Gasteiger charge is 2.13. The molecule has 0 saturated heterocycles. The number of carbonyl (C=O) groups excluding carboxylic acids is 3. The van der Waals surface area contributed by atoms with Gasteiger partial charge in [0, 0.05) is 53.0 Å². The van der Waals surface area contributed by atoms with E-state index in [4.69, 9.17) is 0 Å². The summed E-state index contributed by atoms with van der Waals surface area (Å²) in [5.74, 6) is 0.271. The van der Waals surface area contributed by atoms with E-state index in [1.54, 1.807) is 11.9 Å². The predicted octanol–water partition coefficient (Wildman–Crippen LogP) is 10.4. The Morgan fingerprint density at radius 1 is 0.467 bits per heavy atom. The summed E-state index contributed by atoms with van der Waals surface area (Å²) in [7, 11) is 1.74. The Bertz CT molecular complexity index is 656. The molecular weight excluding hydrogens is 558 g/mol. The summed E-state index contributed by atoms with van der Waals surface area (Å²) in [5.41, 5.74) is 0. The highest BCUT2D eigenvalue weighted by atomic mass is 16.2. The number of nitrogens with zero attached hydrogens (tertiary/aromatic N) is 2. The van der Waals surface area contributed by atoms with Crippen LogP contribution < -0.4 is 5.32 Å². The Morgan fingerprint density at radius 2 is 0.822 bits per heavy atom. The van der Waals surface area contributed by atoms with Gasteiger partial charge in [-0.1, -0.05) is 155 Å². The van der Waals surface area contributed by atoms with E-state index >= 15 is 0 Å². The van der Waals surface area contributed by atoms with E-state index in [2.05, 4.69) is 24.1 Å². The van der Waals surface area contributed by atoms with Gasteiger partial charge in [0.05, 0.1) is 0 Å². The minimum atomic E-state index is -0.000638. The lowest BCUT2D eigenvalue weighted by atomic mass is 10.0. The molecule has 0 radical (unpaired) electrons. The topological polar surface area (TPSA) is 69.7 Å². The standard InChI is InChI=1S/C39H77N3O3/c1-5-7-9-11-13-15-17-19-21-23-25-29-34-42(35-30-26-24-22-20-18-16-14-12-10-8-6-2)39(45)32-28-27-31-38(44)40-33-36-41(4)37(3)43/h5-36H2,1-4H3,(H,40,44). The van der Waals surface area contributed by atoms with Crippen LogP contribution in [0.4, 0.5) is 0 Å². The first-order valence-corrected chi connectivity index (χ1v) is 19.7. The van der Waals surface area contributed by atoms with Crippen molar-refractivity contribution in [2.24, 2.45) is 0 Å². The Morgan fingerprint density at radius 3 is 1.20 bits per heavy atom. The van der Waals surface area contributed by atoms with E-state index in [-0.39, 0.29) is 17.7 Å². The van der Waals surface area contributed by atoms with Crippen LogP contribution in [0.25, 0.3) is 0 Å². The maximum atomic E-state index is 13.2. The van der Waals surface area contributed by atoms with E-state index in [0.29, 0.717) is 25.9 Å². The van der Waals surface area contributed by atoms with Crippen molar-refractivity contribution in [3.05, 3.63) is 0 Å². The van der Waals surface area contributed by atoms with Crippen LogP contribution >= 0.6 is 0 Å². The summed E-state index contributed by atoms with van der Waals surface area (Å²) in [6.07, 6.45) is 34.5. The molecule has 0 unspecified atom stereocenters. The minimum Gasteiger partial charge on any atom is -0.354 e. The molecule has 6 heteroatoms. The first kappa shape index (κ1) is 43.4. The van der Waals surface area contributed by atoms with Crippen LogP contribution in [-0.4, -0.2) is 60.7 Å². The third kappa shape index (κ3) is 30.8. The van der Waals surface area contributed by atoms with Gasteiger partial charge in [-0.15, -0.1) is 0 Å². The molecular formula is C39H77N3O3. The summed E-state index contributed by atoms with van der Waals surface area (Å²) in [6.45, 7) is 8.85. The van der Waals surface area contributed by atoms with E-state index < -0.39 is 0 Å². The zero-order chi connectivity index (χ0) is 33.2. The second kappa shape index (κ2) is 33.8. The number of hydrogen-bond donors (Lipinski definition) is 1. The largest absolute Gasteiger partial charge is 0.354 e. The van der Waals surface area contributed by atoms with Gasteiger partial charge in [0.1, 0.15) is 0 Å². The van der Waals surface area contributed by atoms with Crippen molar-refractivity contribution in [2.75, 3.05) is 33.2 Å². The maximum absolute atomic E-state index is 13.2. The molecule has 0 aromatic heterocycles. The Labute approximate surface area is 280 Å². The van der Waals surface area contributed by atoms with Crippen LogP contribution in [0.15, 0.2) is 0 Å². The molecule has 0 fully saturated rings. The molecule has 3 amide bonds. The third-order valence-corrected chi connectivity index (χ3v) is 9.27. The summed E-state index contributed by atoms with van der Waals surface area (Å²) in [5, 5.41) is 2.88. The predicted molar refractivity (Wildman–Crippen MR) is 194 cm³/mol. The molecule has 0 aliphatic heterocycles. The molecule has 0 aromatic carbocycles. The van der Waals surface area contributed by atoms with Crippen molar-refractivity contribution < 1.29 is 14.4 Å². The van der Waals surface area contributed by atoms with E-state index in [1.807, 2.05) is 0 Å². The van der Waals surface area contributed by atoms with Crippen LogP contribution in [0, 0.1) is 0 Å². The maximum Gasteiger partial charge on any atom is 0.222 e. The number of unbranched alkanes of at least 4 members (excludes halogenated alkanes) is 23. The quantitative estimate of drug-likeness (QED) is 0.0715. The second-order valence-electron chi connectivity index (χ2n) is 13.7. The third-order valence-electron chi connectivity index (χ3n) is 9.27. The number of likely N-dealkylation sites (N-methyl/N-ethyl adjacent to an activating group) is 1. The smallest absolute Gasteiger partial charge is 0.222 e. The summed E-state index contributed by atoms with van der Waals surface area (Å²) in [6, 6.07) is 0. The highest BCUT2D eigenvalue weighted by molar-refractivity contribution is 5.77. The molecule has 0 bridgehead atoms. The van der Waals surface area contributed by atoms with Gasteiger partial charge in [-0.3, -0.25) is 14.4 Å². The molecule has 0 heterocycles. The molecule has 6 nitrogen and oxygen atoms in total. The number of amides is 3.